The van der Waals surface area contributed by atoms with E-state index in [1.54, 1.807) is 0 Å². The third kappa shape index (κ3) is 5.30. The lowest BCUT2D eigenvalue weighted by molar-refractivity contribution is -0.152. The average Bonchev–Trinajstić information content (AvgIpc) is 2.44. The van der Waals surface area contributed by atoms with Crippen molar-refractivity contribution in [3.63, 3.8) is 0 Å². The van der Waals surface area contributed by atoms with Gasteiger partial charge in [-0.05, 0) is 43.6 Å². The van der Waals surface area contributed by atoms with Crippen LogP contribution in [-0.4, -0.2) is 31.8 Å². The van der Waals surface area contributed by atoms with Crippen molar-refractivity contribution in [2.24, 2.45) is 0 Å². The lowest BCUT2D eigenvalue weighted by Crippen LogP contribution is -2.33. The smallest absolute Gasteiger partial charge is 0.332 e. The van der Waals surface area contributed by atoms with Crippen LogP contribution in [0.3, 0.4) is 0 Å². The van der Waals surface area contributed by atoms with Crippen LogP contribution in [0.15, 0.2) is 28.7 Å². The van der Waals surface area contributed by atoms with Gasteiger partial charge in [-0.3, -0.25) is 0 Å². The SMILES string of the molecule is O=C(COC1CCNCC1)OCc1cccc(Br)c1. The molecule has 1 aromatic carbocycles. The Morgan fingerprint density at radius 3 is 2.89 bits per heavy atom. The van der Waals surface area contributed by atoms with Gasteiger partial charge in [-0.25, -0.2) is 4.79 Å². The summed E-state index contributed by atoms with van der Waals surface area (Å²) in [7, 11) is 0. The van der Waals surface area contributed by atoms with Gasteiger partial charge in [0.25, 0.3) is 0 Å². The van der Waals surface area contributed by atoms with Crippen molar-refractivity contribution >= 4 is 21.9 Å². The fraction of sp³-hybridized carbons (Fsp3) is 0.500. The number of rotatable bonds is 5. The first kappa shape index (κ1) is 14.5. The molecule has 5 heteroatoms. The molecule has 0 aliphatic carbocycles. The molecular weight excluding hydrogens is 310 g/mol. The molecule has 0 aromatic heterocycles. The molecule has 0 spiro atoms. The Morgan fingerprint density at radius 2 is 2.16 bits per heavy atom. The van der Waals surface area contributed by atoms with Crippen molar-refractivity contribution in [2.75, 3.05) is 19.7 Å². The number of benzene rings is 1. The molecule has 4 nitrogen and oxygen atoms in total. The predicted molar refractivity (Wildman–Crippen MR) is 75.8 cm³/mol. The van der Waals surface area contributed by atoms with Crippen molar-refractivity contribution in [3.05, 3.63) is 34.3 Å². The molecule has 0 unspecified atom stereocenters. The molecule has 1 aromatic rings. The summed E-state index contributed by atoms with van der Waals surface area (Å²) < 4.78 is 11.7. The summed E-state index contributed by atoms with van der Waals surface area (Å²) in [5.41, 5.74) is 0.963. The first-order valence-electron chi connectivity index (χ1n) is 6.46. The average molecular weight is 328 g/mol. The molecule has 1 fully saturated rings. The topological polar surface area (TPSA) is 47.6 Å². The molecule has 0 radical (unpaired) electrons. The zero-order chi connectivity index (χ0) is 13.5. The van der Waals surface area contributed by atoms with Gasteiger partial charge in [0.2, 0.25) is 0 Å². The highest BCUT2D eigenvalue weighted by Gasteiger charge is 2.15. The highest BCUT2D eigenvalue weighted by atomic mass is 79.9. The summed E-state index contributed by atoms with van der Waals surface area (Å²) in [6.45, 7) is 2.24. The lowest BCUT2D eigenvalue weighted by Gasteiger charge is -2.22. The number of esters is 1. The zero-order valence-electron chi connectivity index (χ0n) is 10.7. The Bertz CT molecular complexity index is 419. The van der Waals surface area contributed by atoms with Crippen molar-refractivity contribution in [1.29, 1.82) is 0 Å². The molecular formula is C14H18BrNO3. The van der Waals surface area contributed by atoms with Crippen LogP contribution in [0.25, 0.3) is 0 Å². The lowest BCUT2D eigenvalue weighted by atomic mass is 10.1. The Labute approximate surface area is 121 Å². The van der Waals surface area contributed by atoms with Crippen molar-refractivity contribution < 1.29 is 14.3 Å². The maximum Gasteiger partial charge on any atom is 0.332 e. The standard InChI is InChI=1S/C14H18BrNO3/c15-12-3-1-2-11(8-12)9-19-14(17)10-18-13-4-6-16-7-5-13/h1-3,8,13,16H,4-7,9-10H2. The first-order chi connectivity index (χ1) is 9.24. The van der Waals surface area contributed by atoms with Crippen molar-refractivity contribution in [2.45, 2.75) is 25.6 Å². The Kier molecular flexibility index (Phi) is 5.82. The van der Waals surface area contributed by atoms with E-state index in [4.69, 9.17) is 9.47 Å². The minimum Gasteiger partial charge on any atom is -0.459 e. The molecule has 1 saturated heterocycles. The van der Waals surface area contributed by atoms with E-state index >= 15 is 0 Å². The van der Waals surface area contributed by atoms with E-state index in [9.17, 15) is 4.79 Å². The monoisotopic (exact) mass is 327 g/mol. The van der Waals surface area contributed by atoms with Crippen LogP contribution in [0.2, 0.25) is 0 Å². The molecule has 0 saturated carbocycles. The Balaban J connectivity index is 1.66. The summed E-state index contributed by atoms with van der Waals surface area (Å²) in [5, 5.41) is 3.25. The summed E-state index contributed by atoms with van der Waals surface area (Å²) in [4.78, 5) is 11.6. The van der Waals surface area contributed by atoms with Gasteiger partial charge in [0, 0.05) is 4.47 Å². The maximum absolute atomic E-state index is 11.6. The highest BCUT2D eigenvalue weighted by Crippen LogP contribution is 2.12. The summed E-state index contributed by atoms with van der Waals surface area (Å²) in [6, 6.07) is 7.71. The van der Waals surface area contributed by atoms with E-state index in [0.29, 0.717) is 0 Å². The van der Waals surface area contributed by atoms with Crippen LogP contribution in [-0.2, 0) is 20.9 Å². The highest BCUT2D eigenvalue weighted by molar-refractivity contribution is 9.10. The minimum absolute atomic E-state index is 0.0403. The third-order valence-corrected chi connectivity index (χ3v) is 3.51. The molecule has 0 atom stereocenters. The van der Waals surface area contributed by atoms with Crippen LogP contribution in [0, 0.1) is 0 Å². The van der Waals surface area contributed by atoms with E-state index in [1.165, 1.54) is 0 Å². The zero-order valence-corrected chi connectivity index (χ0v) is 12.3. The molecule has 1 aliphatic heterocycles. The maximum atomic E-state index is 11.6. The van der Waals surface area contributed by atoms with Crippen LogP contribution in [0.1, 0.15) is 18.4 Å². The van der Waals surface area contributed by atoms with E-state index in [1.807, 2.05) is 24.3 Å². The molecule has 2 rings (SSSR count). The van der Waals surface area contributed by atoms with Gasteiger partial charge in [0.1, 0.15) is 13.2 Å². The van der Waals surface area contributed by atoms with Gasteiger partial charge < -0.3 is 14.8 Å². The van der Waals surface area contributed by atoms with E-state index in [2.05, 4.69) is 21.2 Å². The van der Waals surface area contributed by atoms with E-state index in [0.717, 1.165) is 36.0 Å². The van der Waals surface area contributed by atoms with Gasteiger partial charge in [-0.15, -0.1) is 0 Å². The normalized spacial score (nSPS) is 16.3. The van der Waals surface area contributed by atoms with Gasteiger partial charge in [-0.1, -0.05) is 28.1 Å². The largest absolute Gasteiger partial charge is 0.459 e. The van der Waals surface area contributed by atoms with Gasteiger partial charge in [-0.2, -0.15) is 0 Å². The molecule has 19 heavy (non-hydrogen) atoms. The van der Waals surface area contributed by atoms with Crippen molar-refractivity contribution in [3.8, 4) is 0 Å². The van der Waals surface area contributed by atoms with Gasteiger partial charge in [0.05, 0.1) is 6.10 Å². The fourth-order valence-electron chi connectivity index (χ4n) is 1.98. The first-order valence-corrected chi connectivity index (χ1v) is 7.26. The van der Waals surface area contributed by atoms with Crippen LogP contribution in [0.5, 0.6) is 0 Å². The minimum atomic E-state index is -0.307. The van der Waals surface area contributed by atoms with Crippen LogP contribution >= 0.6 is 15.9 Å². The fourth-order valence-corrected chi connectivity index (χ4v) is 2.43. The molecule has 1 heterocycles. The molecule has 104 valence electrons. The second kappa shape index (κ2) is 7.62. The summed E-state index contributed by atoms with van der Waals surface area (Å²) in [6.07, 6.45) is 2.09. The number of halogens is 1. The second-order valence-corrected chi connectivity index (χ2v) is 5.47. The number of piperidine rings is 1. The third-order valence-electron chi connectivity index (χ3n) is 3.01. The Morgan fingerprint density at radius 1 is 1.37 bits per heavy atom. The molecule has 1 N–H and O–H groups in total. The van der Waals surface area contributed by atoms with Crippen LogP contribution < -0.4 is 5.32 Å². The van der Waals surface area contributed by atoms with E-state index in [-0.39, 0.29) is 25.3 Å². The predicted octanol–water partition coefficient (Wildman–Crippen LogP) is 2.26. The van der Waals surface area contributed by atoms with Gasteiger partial charge in [0.15, 0.2) is 0 Å². The second-order valence-electron chi connectivity index (χ2n) is 4.55. The number of hydrogen-bond acceptors (Lipinski definition) is 4. The molecule has 0 amide bonds. The molecule has 0 bridgehead atoms. The number of nitrogens with one attached hydrogen (secondary N) is 1. The summed E-state index contributed by atoms with van der Waals surface area (Å²) >= 11 is 3.38. The number of carbonyl (C=O) groups is 1. The molecule has 1 aliphatic rings. The van der Waals surface area contributed by atoms with Crippen molar-refractivity contribution in [1.82, 2.24) is 5.32 Å². The van der Waals surface area contributed by atoms with E-state index < -0.39 is 0 Å². The Hall–Kier alpha value is -0.910. The quantitative estimate of drug-likeness (QED) is 0.843. The number of hydrogen-bond donors (Lipinski definition) is 1. The number of carbonyl (C=O) groups excluding carboxylic acids is 1. The number of ether oxygens (including phenoxy) is 2. The van der Waals surface area contributed by atoms with Gasteiger partial charge >= 0.3 is 5.97 Å². The van der Waals surface area contributed by atoms with Crippen LogP contribution in [0.4, 0.5) is 0 Å². The summed E-state index contributed by atoms with van der Waals surface area (Å²) in [5.74, 6) is -0.307.